The second-order valence-electron chi connectivity index (χ2n) is 5.40. The molecule has 0 heterocycles. The van der Waals surface area contributed by atoms with Gasteiger partial charge in [0.25, 0.3) is 0 Å². The van der Waals surface area contributed by atoms with Gasteiger partial charge in [-0.3, -0.25) is 0 Å². The molecule has 8 heteroatoms. The highest BCUT2D eigenvalue weighted by atomic mass is 35.5. The van der Waals surface area contributed by atoms with Crippen molar-refractivity contribution in [1.29, 1.82) is 0 Å². The van der Waals surface area contributed by atoms with Crippen LogP contribution in [-0.4, -0.2) is 27.2 Å². The normalized spacial score (nSPS) is 14.2. The Balaban J connectivity index is 2.17. The molecule has 0 aliphatic rings. The molecule has 0 bridgehead atoms. The fourth-order valence-corrected chi connectivity index (χ4v) is 3.52. The summed E-state index contributed by atoms with van der Waals surface area (Å²) >= 11 is 5.93. The van der Waals surface area contributed by atoms with E-state index in [1.807, 2.05) is 0 Å². The first-order chi connectivity index (χ1) is 11.2. The largest absolute Gasteiger partial charge is 0.495 e. The monoisotopic (exact) mass is 373 g/mol. The molecule has 0 saturated carbocycles. The average molecular weight is 374 g/mol. The van der Waals surface area contributed by atoms with Gasteiger partial charge in [0.1, 0.15) is 17.2 Å². The molecule has 130 valence electrons. The Labute approximate surface area is 145 Å². The molecule has 1 unspecified atom stereocenters. The third-order valence-electron chi connectivity index (χ3n) is 3.51. The van der Waals surface area contributed by atoms with Gasteiger partial charge in [-0.1, -0.05) is 23.7 Å². The minimum absolute atomic E-state index is 0.0526. The highest BCUT2D eigenvalue weighted by molar-refractivity contribution is 7.89. The van der Waals surface area contributed by atoms with Crippen molar-refractivity contribution in [1.82, 2.24) is 4.72 Å². The van der Waals surface area contributed by atoms with Crippen LogP contribution >= 0.6 is 11.6 Å². The Morgan fingerprint density at radius 2 is 1.88 bits per heavy atom. The SMILES string of the molecule is COc1ccc(S(=O)(=O)NCC(C)(O)c2ccc(F)cc2)cc1Cl. The summed E-state index contributed by atoms with van der Waals surface area (Å²) in [5.74, 6) is -0.0862. The van der Waals surface area contributed by atoms with E-state index >= 15 is 0 Å². The minimum atomic E-state index is -3.88. The zero-order valence-electron chi connectivity index (χ0n) is 13.1. The van der Waals surface area contributed by atoms with E-state index in [4.69, 9.17) is 16.3 Å². The lowest BCUT2D eigenvalue weighted by Gasteiger charge is -2.24. The lowest BCUT2D eigenvalue weighted by Crippen LogP contribution is -2.38. The molecule has 2 aromatic carbocycles. The lowest BCUT2D eigenvalue weighted by atomic mass is 9.96. The molecule has 0 spiro atoms. The van der Waals surface area contributed by atoms with Gasteiger partial charge in [-0.05, 0) is 42.8 Å². The molecule has 5 nitrogen and oxygen atoms in total. The molecule has 0 aliphatic heterocycles. The highest BCUT2D eigenvalue weighted by Crippen LogP contribution is 2.27. The van der Waals surface area contributed by atoms with Crippen molar-refractivity contribution in [2.24, 2.45) is 0 Å². The Morgan fingerprint density at radius 1 is 1.25 bits per heavy atom. The summed E-state index contributed by atoms with van der Waals surface area (Å²) in [6.07, 6.45) is 0. The Kier molecular flexibility index (Phi) is 5.49. The van der Waals surface area contributed by atoms with Crippen molar-refractivity contribution >= 4 is 21.6 Å². The summed E-state index contributed by atoms with van der Waals surface area (Å²) < 4.78 is 44.9. The highest BCUT2D eigenvalue weighted by Gasteiger charge is 2.26. The van der Waals surface area contributed by atoms with Crippen molar-refractivity contribution in [3.8, 4) is 5.75 Å². The van der Waals surface area contributed by atoms with E-state index in [2.05, 4.69) is 4.72 Å². The summed E-state index contributed by atoms with van der Waals surface area (Å²) in [6, 6.07) is 9.23. The smallest absolute Gasteiger partial charge is 0.240 e. The van der Waals surface area contributed by atoms with E-state index in [9.17, 15) is 17.9 Å². The molecule has 24 heavy (non-hydrogen) atoms. The summed E-state index contributed by atoms with van der Waals surface area (Å²) in [5, 5.41) is 10.6. The number of sulfonamides is 1. The van der Waals surface area contributed by atoms with Gasteiger partial charge in [0.2, 0.25) is 10.0 Å². The maximum Gasteiger partial charge on any atom is 0.240 e. The van der Waals surface area contributed by atoms with Crippen LogP contribution in [0.15, 0.2) is 47.4 Å². The Bertz CT molecular complexity index is 822. The predicted molar refractivity (Wildman–Crippen MR) is 89.2 cm³/mol. The summed E-state index contributed by atoms with van der Waals surface area (Å²) in [6.45, 7) is 1.15. The minimum Gasteiger partial charge on any atom is -0.495 e. The Morgan fingerprint density at radius 3 is 2.42 bits per heavy atom. The van der Waals surface area contributed by atoms with Gasteiger partial charge in [0, 0.05) is 6.54 Å². The zero-order chi connectivity index (χ0) is 18.0. The molecule has 0 aromatic heterocycles. The standard InChI is InChI=1S/C16H17ClFNO4S/c1-16(20,11-3-5-12(18)6-4-11)10-19-24(21,22)13-7-8-15(23-2)14(17)9-13/h3-9,19-20H,10H2,1-2H3. The van der Waals surface area contributed by atoms with E-state index < -0.39 is 21.4 Å². The van der Waals surface area contributed by atoms with Gasteiger partial charge in [0.15, 0.2) is 0 Å². The number of aliphatic hydroxyl groups is 1. The van der Waals surface area contributed by atoms with Gasteiger partial charge in [-0.25, -0.2) is 17.5 Å². The number of hydrogen-bond acceptors (Lipinski definition) is 4. The molecule has 0 aliphatic carbocycles. The van der Waals surface area contributed by atoms with Gasteiger partial charge in [-0.15, -0.1) is 0 Å². The average Bonchev–Trinajstić information content (AvgIpc) is 2.53. The van der Waals surface area contributed by atoms with Gasteiger partial charge >= 0.3 is 0 Å². The van der Waals surface area contributed by atoms with E-state index in [-0.39, 0.29) is 16.5 Å². The Hall–Kier alpha value is -1.67. The third kappa shape index (κ3) is 4.24. The molecule has 0 radical (unpaired) electrons. The zero-order valence-corrected chi connectivity index (χ0v) is 14.7. The lowest BCUT2D eigenvalue weighted by molar-refractivity contribution is 0.0627. The molecule has 0 amide bonds. The van der Waals surface area contributed by atoms with Crippen LogP contribution in [0.2, 0.25) is 5.02 Å². The van der Waals surface area contributed by atoms with Crippen molar-refractivity contribution in [3.05, 3.63) is 58.9 Å². The van der Waals surface area contributed by atoms with E-state index in [1.165, 1.54) is 56.5 Å². The molecule has 2 aromatic rings. The molecule has 1 atom stereocenters. The number of hydrogen-bond donors (Lipinski definition) is 2. The van der Waals surface area contributed by atoms with Gasteiger partial charge in [0.05, 0.1) is 17.0 Å². The first-order valence-corrected chi connectivity index (χ1v) is 8.83. The molecule has 0 fully saturated rings. The molecule has 0 saturated heterocycles. The third-order valence-corrected chi connectivity index (χ3v) is 5.20. The maximum atomic E-state index is 13.0. The van der Waals surface area contributed by atoms with Crippen molar-refractivity contribution in [2.45, 2.75) is 17.4 Å². The number of ether oxygens (including phenoxy) is 1. The van der Waals surface area contributed by atoms with E-state index in [1.54, 1.807) is 0 Å². The molecular weight excluding hydrogens is 357 g/mol. The number of halogens is 2. The number of methoxy groups -OCH3 is 1. The fraction of sp³-hybridized carbons (Fsp3) is 0.250. The second kappa shape index (κ2) is 7.06. The number of rotatable bonds is 6. The van der Waals surface area contributed by atoms with Crippen LogP contribution in [0.4, 0.5) is 4.39 Å². The van der Waals surface area contributed by atoms with Crippen LogP contribution in [-0.2, 0) is 15.6 Å². The van der Waals surface area contributed by atoms with Gasteiger partial charge < -0.3 is 9.84 Å². The molecular formula is C16H17ClFNO4S. The predicted octanol–water partition coefficient (Wildman–Crippen LogP) is 2.67. The van der Waals surface area contributed by atoms with Crippen LogP contribution in [0.5, 0.6) is 5.75 Å². The quantitative estimate of drug-likeness (QED) is 0.816. The first-order valence-electron chi connectivity index (χ1n) is 6.97. The van der Waals surface area contributed by atoms with Gasteiger partial charge in [-0.2, -0.15) is 0 Å². The fourth-order valence-electron chi connectivity index (χ4n) is 2.04. The van der Waals surface area contributed by atoms with E-state index in [0.717, 1.165) is 0 Å². The number of nitrogens with one attached hydrogen (secondary N) is 1. The maximum absolute atomic E-state index is 13.0. The second-order valence-corrected chi connectivity index (χ2v) is 7.58. The number of benzene rings is 2. The molecule has 2 N–H and O–H groups in total. The van der Waals surface area contributed by atoms with Crippen LogP contribution in [0, 0.1) is 5.82 Å². The van der Waals surface area contributed by atoms with Crippen molar-refractivity contribution in [2.75, 3.05) is 13.7 Å². The topological polar surface area (TPSA) is 75.6 Å². The van der Waals surface area contributed by atoms with Crippen LogP contribution < -0.4 is 9.46 Å². The van der Waals surface area contributed by atoms with E-state index in [0.29, 0.717) is 11.3 Å². The van der Waals surface area contributed by atoms with Crippen LogP contribution in [0.1, 0.15) is 12.5 Å². The summed E-state index contributed by atoms with van der Waals surface area (Å²) in [5.41, 5.74) is -1.11. The summed E-state index contributed by atoms with van der Waals surface area (Å²) in [4.78, 5) is -0.0526. The van der Waals surface area contributed by atoms with Crippen LogP contribution in [0.3, 0.4) is 0 Å². The van der Waals surface area contributed by atoms with Crippen LogP contribution in [0.25, 0.3) is 0 Å². The first kappa shape index (κ1) is 18.7. The summed E-state index contributed by atoms with van der Waals surface area (Å²) in [7, 11) is -2.46. The van der Waals surface area contributed by atoms with Crippen molar-refractivity contribution in [3.63, 3.8) is 0 Å². The van der Waals surface area contributed by atoms with Crippen molar-refractivity contribution < 1.29 is 22.7 Å². The molecule has 2 rings (SSSR count).